The van der Waals surface area contributed by atoms with E-state index in [0.29, 0.717) is 64.1 Å². The zero-order valence-electron chi connectivity index (χ0n) is 25.2. The van der Waals surface area contributed by atoms with E-state index in [-0.39, 0.29) is 23.6 Å². The Morgan fingerprint density at radius 1 is 1.07 bits per heavy atom. The molecule has 0 radical (unpaired) electrons. The lowest BCUT2D eigenvalue weighted by Gasteiger charge is -2.52. The number of aliphatic hydroxyl groups excluding tert-OH is 1. The highest BCUT2D eigenvalue weighted by atomic mass is 32.2. The number of likely N-dealkylation sites (tertiary alicyclic amines) is 1. The summed E-state index contributed by atoms with van der Waals surface area (Å²) in [5.74, 6) is -0.408. The summed E-state index contributed by atoms with van der Waals surface area (Å²) < 4.78 is 5.43. The second-order valence-corrected chi connectivity index (χ2v) is 13.0. The van der Waals surface area contributed by atoms with Crippen molar-refractivity contribution in [3.8, 4) is 0 Å². The first kappa shape index (κ1) is 31.5. The molecular weight excluding hydrogens is 564 g/mol. The molecule has 43 heavy (non-hydrogen) atoms. The van der Waals surface area contributed by atoms with E-state index in [1.54, 1.807) is 18.8 Å². The van der Waals surface area contributed by atoms with Crippen LogP contribution in [0.1, 0.15) is 61.4 Å². The highest BCUT2D eigenvalue weighted by molar-refractivity contribution is 7.99. The fourth-order valence-electron chi connectivity index (χ4n) is 6.49. The number of piperidine rings is 1. The van der Waals surface area contributed by atoms with E-state index in [9.17, 15) is 19.5 Å². The van der Waals surface area contributed by atoms with Crippen molar-refractivity contribution in [1.82, 2.24) is 20.4 Å². The maximum absolute atomic E-state index is 13.8. The molecule has 0 aliphatic carbocycles. The topological polar surface area (TPSA) is 111 Å². The van der Waals surface area contributed by atoms with Crippen molar-refractivity contribution >= 4 is 29.5 Å². The lowest BCUT2D eigenvalue weighted by Crippen LogP contribution is -2.75. The van der Waals surface area contributed by atoms with Gasteiger partial charge >= 0.3 is 0 Å². The van der Waals surface area contributed by atoms with Crippen LogP contribution < -0.4 is 10.6 Å². The smallest absolute Gasteiger partial charge is 0.251 e. The summed E-state index contributed by atoms with van der Waals surface area (Å²) in [6.45, 7) is 5.97. The van der Waals surface area contributed by atoms with Crippen molar-refractivity contribution in [2.75, 3.05) is 39.9 Å². The molecule has 5 rings (SSSR count). The van der Waals surface area contributed by atoms with Crippen LogP contribution in [0.4, 0.5) is 0 Å². The van der Waals surface area contributed by atoms with Gasteiger partial charge in [0, 0.05) is 61.8 Å². The zero-order chi connectivity index (χ0) is 30.4. The van der Waals surface area contributed by atoms with Crippen LogP contribution in [0, 0.1) is 5.92 Å². The minimum atomic E-state index is -0.898. The van der Waals surface area contributed by atoms with Crippen molar-refractivity contribution in [3.05, 3.63) is 59.7 Å². The second kappa shape index (κ2) is 14.2. The number of unbranched alkanes of at least 4 members (excludes halogenated alkanes) is 1. The molecule has 0 unspecified atom stereocenters. The number of hydrogen-bond donors (Lipinski definition) is 3. The zero-order valence-corrected chi connectivity index (χ0v) is 26.0. The van der Waals surface area contributed by atoms with Gasteiger partial charge in [-0.15, -0.1) is 0 Å². The van der Waals surface area contributed by atoms with E-state index in [1.165, 1.54) is 5.56 Å². The summed E-state index contributed by atoms with van der Waals surface area (Å²) >= 11 is 1.65. The van der Waals surface area contributed by atoms with Crippen molar-refractivity contribution < 1.29 is 24.2 Å². The lowest BCUT2D eigenvalue weighted by atomic mass is 9.79. The van der Waals surface area contributed by atoms with Gasteiger partial charge in [0.05, 0.1) is 6.10 Å². The standard InChI is InChI=1S/C33H44N4O5S/c1-3-4-17-37-31(40)28(29(38)24-13-20-42-21-14-24)35-32(41)33(37)15-18-36(19-16-33)22-23-5-9-26(10-6-23)43-27-11-7-25(8-12-27)30(39)34-2/h5-12,24,28-29,38H,3-4,13-22H2,1-2H3,(H,34,39)(H,35,41)/t28-,29-/m1/s1. The average molecular weight is 609 g/mol. The Morgan fingerprint density at radius 3 is 2.30 bits per heavy atom. The van der Waals surface area contributed by atoms with Crippen LogP contribution in [-0.4, -0.2) is 90.2 Å². The van der Waals surface area contributed by atoms with Crippen LogP contribution in [0.25, 0.3) is 0 Å². The number of carbonyl (C=O) groups excluding carboxylic acids is 3. The van der Waals surface area contributed by atoms with E-state index in [0.717, 1.165) is 29.2 Å². The molecule has 0 aromatic heterocycles. The van der Waals surface area contributed by atoms with E-state index in [4.69, 9.17) is 4.74 Å². The third-order valence-electron chi connectivity index (χ3n) is 9.18. The summed E-state index contributed by atoms with van der Waals surface area (Å²) in [7, 11) is 1.63. The van der Waals surface area contributed by atoms with Gasteiger partial charge in [0.1, 0.15) is 11.6 Å². The van der Waals surface area contributed by atoms with E-state index >= 15 is 0 Å². The number of rotatable bonds is 10. The molecule has 10 heteroatoms. The molecule has 9 nitrogen and oxygen atoms in total. The maximum atomic E-state index is 13.8. The molecule has 2 atom stereocenters. The van der Waals surface area contributed by atoms with Gasteiger partial charge in [0.15, 0.2) is 0 Å². The molecule has 3 N–H and O–H groups in total. The van der Waals surface area contributed by atoms with E-state index in [2.05, 4.69) is 46.7 Å². The Morgan fingerprint density at radius 2 is 1.70 bits per heavy atom. The number of ether oxygens (including phenoxy) is 1. The highest BCUT2D eigenvalue weighted by Gasteiger charge is 2.55. The molecule has 3 aliphatic rings. The molecule has 3 heterocycles. The molecule has 0 saturated carbocycles. The Labute approximate surface area is 258 Å². The van der Waals surface area contributed by atoms with Gasteiger partial charge < -0.3 is 25.4 Å². The largest absolute Gasteiger partial charge is 0.390 e. The molecule has 2 aromatic rings. The third kappa shape index (κ3) is 7.09. The van der Waals surface area contributed by atoms with Crippen LogP contribution in [0.2, 0.25) is 0 Å². The maximum Gasteiger partial charge on any atom is 0.251 e. The minimum Gasteiger partial charge on any atom is -0.390 e. The van der Waals surface area contributed by atoms with Gasteiger partial charge in [-0.3, -0.25) is 19.3 Å². The number of aliphatic hydroxyl groups is 1. The van der Waals surface area contributed by atoms with Gasteiger partial charge in [-0.1, -0.05) is 37.2 Å². The predicted molar refractivity (Wildman–Crippen MR) is 166 cm³/mol. The molecule has 3 saturated heterocycles. The first-order chi connectivity index (χ1) is 20.8. The van der Waals surface area contributed by atoms with E-state index < -0.39 is 17.7 Å². The van der Waals surface area contributed by atoms with Crippen LogP contribution in [-0.2, 0) is 20.9 Å². The lowest BCUT2D eigenvalue weighted by molar-refractivity contribution is -0.166. The first-order valence-corrected chi connectivity index (χ1v) is 16.4. The number of benzene rings is 2. The molecule has 1 spiro atoms. The first-order valence-electron chi connectivity index (χ1n) is 15.5. The molecule has 3 amide bonds. The summed E-state index contributed by atoms with van der Waals surface area (Å²) in [5, 5.41) is 16.7. The Bertz CT molecular complexity index is 1260. The Balaban J connectivity index is 1.19. The summed E-state index contributed by atoms with van der Waals surface area (Å²) in [6.07, 6.45) is 3.40. The fraction of sp³-hybridized carbons (Fsp3) is 0.545. The summed E-state index contributed by atoms with van der Waals surface area (Å²) in [5.41, 5.74) is 0.978. The van der Waals surface area contributed by atoms with Gasteiger partial charge in [-0.05, 0) is 80.0 Å². The van der Waals surface area contributed by atoms with Gasteiger partial charge in [-0.2, -0.15) is 0 Å². The van der Waals surface area contributed by atoms with Crippen molar-refractivity contribution in [3.63, 3.8) is 0 Å². The van der Waals surface area contributed by atoms with Crippen molar-refractivity contribution in [2.24, 2.45) is 5.92 Å². The van der Waals surface area contributed by atoms with Gasteiger partial charge in [-0.25, -0.2) is 0 Å². The third-order valence-corrected chi connectivity index (χ3v) is 10.2. The number of amides is 3. The van der Waals surface area contributed by atoms with Crippen molar-refractivity contribution in [2.45, 2.75) is 79.5 Å². The number of carbonyl (C=O) groups is 3. The van der Waals surface area contributed by atoms with Crippen LogP contribution in [0.15, 0.2) is 58.3 Å². The van der Waals surface area contributed by atoms with Crippen molar-refractivity contribution in [1.29, 1.82) is 0 Å². The molecule has 3 fully saturated rings. The monoisotopic (exact) mass is 608 g/mol. The number of piperazine rings is 1. The molecule has 3 aliphatic heterocycles. The van der Waals surface area contributed by atoms with Gasteiger partial charge in [0.25, 0.3) is 5.91 Å². The molecule has 232 valence electrons. The van der Waals surface area contributed by atoms with Crippen LogP contribution in [0.3, 0.4) is 0 Å². The second-order valence-electron chi connectivity index (χ2n) is 11.9. The molecular formula is C33H44N4O5S. The predicted octanol–water partition coefficient (Wildman–Crippen LogP) is 3.45. The Hall–Kier alpha value is -2.92. The SMILES string of the molecule is CCCCN1C(=O)[C@@H]([C@H](O)C2CCOCC2)NC(=O)C12CCN(Cc1ccc(Sc3ccc(C(=O)NC)cc3)cc1)CC2. The minimum absolute atomic E-state index is 0.0497. The average Bonchev–Trinajstić information content (AvgIpc) is 3.04. The van der Waals surface area contributed by atoms with E-state index in [1.807, 2.05) is 29.2 Å². The highest BCUT2D eigenvalue weighted by Crippen LogP contribution is 2.36. The molecule has 2 aromatic carbocycles. The summed E-state index contributed by atoms with van der Waals surface area (Å²) in [4.78, 5) is 45.7. The molecule has 0 bridgehead atoms. The summed E-state index contributed by atoms with van der Waals surface area (Å²) in [6, 6.07) is 15.2. The fourth-order valence-corrected chi connectivity index (χ4v) is 7.31. The van der Waals surface area contributed by atoms with Gasteiger partial charge in [0.2, 0.25) is 11.8 Å². The number of nitrogens with one attached hydrogen (secondary N) is 2. The van der Waals surface area contributed by atoms with Crippen LogP contribution >= 0.6 is 11.8 Å². The van der Waals surface area contributed by atoms with Crippen LogP contribution in [0.5, 0.6) is 0 Å². The number of hydrogen-bond acceptors (Lipinski definition) is 7. The quantitative estimate of drug-likeness (QED) is 0.379. The number of nitrogens with zero attached hydrogens (tertiary/aromatic N) is 2. The normalized spacial score (nSPS) is 21.9. The Kier molecular flexibility index (Phi) is 10.4.